The molecule has 0 aromatic heterocycles. The molecule has 0 aliphatic carbocycles. The quantitative estimate of drug-likeness (QED) is 0.821. The van der Waals surface area contributed by atoms with E-state index < -0.39 is 5.60 Å². The van der Waals surface area contributed by atoms with Gasteiger partial charge in [-0.2, -0.15) is 0 Å². The molecule has 5 heteroatoms. The minimum absolute atomic E-state index is 0.187. The Kier molecular flexibility index (Phi) is 4.45. The molecule has 0 bridgehead atoms. The first-order valence-electron chi connectivity index (χ1n) is 8.35. The number of carbonyl (C=O) groups is 1. The largest absolute Gasteiger partial charge is 0.444 e. The summed E-state index contributed by atoms with van der Waals surface area (Å²) in [6.45, 7) is 8.24. The Hall–Kier alpha value is -1.42. The highest BCUT2D eigenvalue weighted by Gasteiger charge is 2.34. The number of anilines is 1. The molecule has 4 nitrogen and oxygen atoms in total. The van der Waals surface area contributed by atoms with E-state index in [2.05, 4.69) is 11.4 Å². The first kappa shape index (κ1) is 16.4. The average Bonchev–Trinajstić information content (AvgIpc) is 2.88. The summed E-state index contributed by atoms with van der Waals surface area (Å²) in [5, 5.41) is 4.24. The highest BCUT2D eigenvalue weighted by atomic mass is 35.5. The fourth-order valence-electron chi connectivity index (χ4n) is 3.57. The lowest BCUT2D eigenvalue weighted by molar-refractivity contribution is 0.0176. The third-order valence-corrected chi connectivity index (χ3v) is 4.92. The van der Waals surface area contributed by atoms with Crippen LogP contribution in [0.5, 0.6) is 0 Å². The summed E-state index contributed by atoms with van der Waals surface area (Å²) >= 11 is 6.07. The maximum Gasteiger partial charge on any atom is 0.410 e. The second kappa shape index (κ2) is 6.23. The van der Waals surface area contributed by atoms with Gasteiger partial charge >= 0.3 is 6.09 Å². The number of nitrogens with one attached hydrogen (secondary N) is 1. The van der Waals surface area contributed by atoms with Gasteiger partial charge in [-0.25, -0.2) is 4.79 Å². The number of benzene rings is 1. The monoisotopic (exact) mass is 336 g/mol. The SMILES string of the molecule is CC(C)(C)OC(=O)N1CCC(C2CNc3cc(Cl)ccc32)CC1. The number of likely N-dealkylation sites (tertiary alicyclic amines) is 1. The fourth-order valence-corrected chi connectivity index (χ4v) is 3.74. The molecule has 1 aromatic rings. The number of amides is 1. The fraction of sp³-hybridized carbons (Fsp3) is 0.611. The molecule has 1 amide bonds. The molecule has 0 radical (unpaired) electrons. The highest BCUT2D eigenvalue weighted by Crippen LogP contribution is 2.41. The summed E-state index contributed by atoms with van der Waals surface area (Å²) in [6, 6.07) is 6.12. The molecule has 2 heterocycles. The number of nitrogens with zero attached hydrogens (tertiary/aromatic N) is 1. The van der Waals surface area contributed by atoms with Crippen LogP contribution in [0.3, 0.4) is 0 Å². The van der Waals surface area contributed by atoms with Crippen LogP contribution in [0, 0.1) is 5.92 Å². The van der Waals surface area contributed by atoms with Crippen LogP contribution in [0.1, 0.15) is 45.1 Å². The molecule has 3 rings (SSSR count). The van der Waals surface area contributed by atoms with Gasteiger partial charge in [0.1, 0.15) is 5.60 Å². The van der Waals surface area contributed by atoms with Gasteiger partial charge in [-0.1, -0.05) is 17.7 Å². The van der Waals surface area contributed by atoms with E-state index in [1.807, 2.05) is 37.8 Å². The summed E-state index contributed by atoms with van der Waals surface area (Å²) in [4.78, 5) is 14.0. The minimum Gasteiger partial charge on any atom is -0.444 e. The van der Waals surface area contributed by atoms with E-state index in [1.165, 1.54) is 5.56 Å². The molecular weight excluding hydrogens is 312 g/mol. The molecule has 1 N–H and O–H groups in total. The zero-order chi connectivity index (χ0) is 16.6. The standard InChI is InChI=1S/C18H25ClN2O2/c1-18(2,3)23-17(22)21-8-6-12(7-9-21)15-11-20-16-10-13(19)4-5-14(15)16/h4-5,10,12,15,20H,6-9,11H2,1-3H3. The Labute approximate surface area is 143 Å². The first-order chi connectivity index (χ1) is 10.8. The highest BCUT2D eigenvalue weighted by molar-refractivity contribution is 6.30. The van der Waals surface area contributed by atoms with E-state index in [9.17, 15) is 4.79 Å². The van der Waals surface area contributed by atoms with Gasteiger partial charge < -0.3 is 15.0 Å². The number of fused-ring (bicyclic) bond motifs is 1. The van der Waals surface area contributed by atoms with Crippen molar-refractivity contribution in [2.24, 2.45) is 5.92 Å². The third-order valence-electron chi connectivity index (χ3n) is 4.69. The Bertz CT molecular complexity index is 589. The molecule has 1 saturated heterocycles. The Morgan fingerprint density at radius 1 is 1.30 bits per heavy atom. The molecule has 2 aliphatic rings. The van der Waals surface area contributed by atoms with E-state index in [0.717, 1.165) is 43.2 Å². The van der Waals surface area contributed by atoms with Crippen molar-refractivity contribution in [1.82, 2.24) is 4.90 Å². The van der Waals surface area contributed by atoms with Crippen molar-refractivity contribution in [3.05, 3.63) is 28.8 Å². The number of halogens is 1. The average molecular weight is 337 g/mol. The van der Waals surface area contributed by atoms with Gasteiger partial charge in [0.05, 0.1) is 0 Å². The maximum absolute atomic E-state index is 12.2. The number of ether oxygens (including phenoxy) is 1. The number of hydrogen-bond donors (Lipinski definition) is 1. The van der Waals surface area contributed by atoms with Crippen LogP contribution >= 0.6 is 11.6 Å². The van der Waals surface area contributed by atoms with Gasteiger partial charge in [0, 0.05) is 36.3 Å². The number of hydrogen-bond acceptors (Lipinski definition) is 3. The van der Waals surface area contributed by atoms with E-state index in [0.29, 0.717) is 11.8 Å². The van der Waals surface area contributed by atoms with Gasteiger partial charge in [-0.15, -0.1) is 0 Å². The third kappa shape index (κ3) is 3.74. The second-order valence-corrected chi connectivity index (χ2v) is 7.96. The smallest absolute Gasteiger partial charge is 0.410 e. The van der Waals surface area contributed by atoms with Crippen molar-refractivity contribution < 1.29 is 9.53 Å². The lowest BCUT2D eigenvalue weighted by Crippen LogP contribution is -2.42. The van der Waals surface area contributed by atoms with Crippen LogP contribution in [-0.2, 0) is 4.74 Å². The summed E-state index contributed by atoms with van der Waals surface area (Å²) in [7, 11) is 0. The van der Waals surface area contributed by atoms with Gasteiger partial charge in [0.25, 0.3) is 0 Å². The first-order valence-corrected chi connectivity index (χ1v) is 8.72. The molecule has 23 heavy (non-hydrogen) atoms. The summed E-state index contributed by atoms with van der Waals surface area (Å²) in [5.41, 5.74) is 2.10. The van der Waals surface area contributed by atoms with E-state index in [4.69, 9.17) is 16.3 Å². The van der Waals surface area contributed by atoms with E-state index in [1.54, 1.807) is 0 Å². The van der Waals surface area contributed by atoms with E-state index >= 15 is 0 Å². The minimum atomic E-state index is -0.429. The van der Waals surface area contributed by atoms with Crippen molar-refractivity contribution in [1.29, 1.82) is 0 Å². The number of piperidine rings is 1. The molecular formula is C18H25ClN2O2. The molecule has 0 saturated carbocycles. The van der Waals surface area contributed by atoms with Crippen LogP contribution < -0.4 is 5.32 Å². The molecule has 1 aromatic carbocycles. The number of rotatable bonds is 1. The van der Waals surface area contributed by atoms with Crippen molar-refractivity contribution in [2.45, 2.75) is 45.1 Å². The second-order valence-electron chi connectivity index (χ2n) is 7.52. The molecule has 1 atom stereocenters. The summed E-state index contributed by atoms with van der Waals surface area (Å²) < 4.78 is 5.47. The Morgan fingerprint density at radius 2 is 2.00 bits per heavy atom. The summed E-state index contributed by atoms with van der Waals surface area (Å²) in [6.07, 6.45) is 1.86. The zero-order valence-electron chi connectivity index (χ0n) is 14.1. The van der Waals surface area contributed by atoms with Crippen LogP contribution in [-0.4, -0.2) is 36.2 Å². The molecule has 126 valence electrons. The van der Waals surface area contributed by atoms with E-state index in [-0.39, 0.29) is 6.09 Å². The normalized spacial score (nSPS) is 21.7. The lowest BCUT2D eigenvalue weighted by atomic mass is 9.81. The summed E-state index contributed by atoms with van der Waals surface area (Å²) in [5.74, 6) is 1.12. The molecule has 0 spiro atoms. The van der Waals surface area contributed by atoms with Crippen LogP contribution in [0.4, 0.5) is 10.5 Å². The zero-order valence-corrected chi connectivity index (χ0v) is 14.8. The van der Waals surface area contributed by atoms with Crippen LogP contribution in [0.2, 0.25) is 5.02 Å². The van der Waals surface area contributed by atoms with Gasteiger partial charge in [-0.3, -0.25) is 0 Å². The Morgan fingerprint density at radius 3 is 2.65 bits per heavy atom. The molecule has 2 aliphatic heterocycles. The molecule has 1 fully saturated rings. The van der Waals surface area contributed by atoms with Crippen molar-refractivity contribution >= 4 is 23.4 Å². The topological polar surface area (TPSA) is 41.6 Å². The van der Waals surface area contributed by atoms with Crippen LogP contribution in [0.25, 0.3) is 0 Å². The van der Waals surface area contributed by atoms with Gasteiger partial charge in [0.15, 0.2) is 0 Å². The van der Waals surface area contributed by atoms with Crippen molar-refractivity contribution in [3.8, 4) is 0 Å². The lowest BCUT2D eigenvalue weighted by Gasteiger charge is -2.35. The van der Waals surface area contributed by atoms with Crippen molar-refractivity contribution in [3.63, 3.8) is 0 Å². The van der Waals surface area contributed by atoms with Gasteiger partial charge in [-0.05, 0) is 57.2 Å². The predicted octanol–water partition coefficient (Wildman–Crippen LogP) is 4.50. The maximum atomic E-state index is 12.2. The predicted molar refractivity (Wildman–Crippen MR) is 93.2 cm³/mol. The van der Waals surface area contributed by atoms with Crippen molar-refractivity contribution in [2.75, 3.05) is 25.0 Å². The molecule has 1 unspecified atom stereocenters. The van der Waals surface area contributed by atoms with Crippen LogP contribution in [0.15, 0.2) is 18.2 Å². The van der Waals surface area contributed by atoms with Gasteiger partial charge in [0.2, 0.25) is 0 Å². The Balaban J connectivity index is 1.59. The number of carbonyl (C=O) groups excluding carboxylic acids is 1.